The van der Waals surface area contributed by atoms with Gasteiger partial charge in [0.1, 0.15) is 0 Å². The second-order valence-electron chi connectivity index (χ2n) is 10.4. The van der Waals surface area contributed by atoms with E-state index >= 15 is 0 Å². The van der Waals surface area contributed by atoms with E-state index in [0.717, 1.165) is 37.0 Å². The molecule has 2 nitrogen and oxygen atoms in total. The van der Waals surface area contributed by atoms with Gasteiger partial charge in [-0.3, -0.25) is 0 Å². The van der Waals surface area contributed by atoms with Crippen LogP contribution in [0.15, 0.2) is 0 Å². The van der Waals surface area contributed by atoms with Crippen molar-refractivity contribution >= 4 is 0 Å². The van der Waals surface area contributed by atoms with Gasteiger partial charge in [0, 0.05) is 13.2 Å². The Balaban J connectivity index is 1.32. The number of alkyl halides is 2. The van der Waals surface area contributed by atoms with Gasteiger partial charge in [-0.05, 0) is 81.5 Å². The van der Waals surface area contributed by atoms with Crippen molar-refractivity contribution in [3.63, 3.8) is 0 Å². The molecule has 0 aromatic heterocycles. The first-order valence-electron chi connectivity index (χ1n) is 13.1. The van der Waals surface area contributed by atoms with Crippen LogP contribution >= 0.6 is 0 Å². The van der Waals surface area contributed by atoms with Gasteiger partial charge in [0.2, 0.25) is 0 Å². The molecule has 0 N–H and O–H groups in total. The smallest absolute Gasteiger partial charge is 0.160 e. The maximum Gasteiger partial charge on any atom is 0.160 e. The van der Waals surface area contributed by atoms with Gasteiger partial charge < -0.3 is 9.47 Å². The van der Waals surface area contributed by atoms with Crippen LogP contribution in [0.25, 0.3) is 0 Å². The zero-order valence-corrected chi connectivity index (χ0v) is 19.5. The third-order valence-electron chi connectivity index (χ3n) is 8.40. The van der Waals surface area contributed by atoms with Gasteiger partial charge in [-0.2, -0.15) is 0 Å². The molecule has 4 heteroatoms. The fourth-order valence-electron chi connectivity index (χ4n) is 6.15. The number of hydrogen-bond acceptors (Lipinski definition) is 2. The van der Waals surface area contributed by atoms with E-state index in [-0.39, 0.29) is 0 Å². The number of hydrogen-bond donors (Lipinski definition) is 0. The summed E-state index contributed by atoms with van der Waals surface area (Å²) in [6.07, 6.45) is 12.1. The summed E-state index contributed by atoms with van der Waals surface area (Å²) < 4.78 is 40.7. The van der Waals surface area contributed by atoms with Crippen molar-refractivity contribution in [3.05, 3.63) is 0 Å². The van der Waals surface area contributed by atoms with Crippen molar-refractivity contribution in [2.45, 2.75) is 128 Å². The summed E-state index contributed by atoms with van der Waals surface area (Å²) in [5.41, 5.74) is 0. The van der Waals surface area contributed by atoms with Crippen LogP contribution in [0, 0.1) is 23.7 Å². The van der Waals surface area contributed by atoms with Gasteiger partial charge in [-0.25, -0.2) is 8.78 Å². The number of unbranched alkanes of at least 4 members (excludes halogenated alkanes) is 2. The van der Waals surface area contributed by atoms with Gasteiger partial charge in [-0.15, -0.1) is 0 Å². The minimum Gasteiger partial charge on any atom is -0.375 e. The van der Waals surface area contributed by atoms with Crippen LogP contribution in [0.3, 0.4) is 0 Å². The summed E-state index contributed by atoms with van der Waals surface area (Å²) in [5.74, 6) is 3.32. The molecule has 0 saturated heterocycles. The summed E-state index contributed by atoms with van der Waals surface area (Å²) in [4.78, 5) is 0. The molecule has 4 atom stereocenters. The van der Waals surface area contributed by atoms with E-state index in [0.29, 0.717) is 32.0 Å². The second kappa shape index (κ2) is 12.7. The average molecular weight is 429 g/mol. The zero-order chi connectivity index (χ0) is 21.3. The third kappa shape index (κ3) is 6.89. The monoisotopic (exact) mass is 428 g/mol. The summed E-state index contributed by atoms with van der Waals surface area (Å²) in [7, 11) is 0. The molecule has 176 valence electrons. The quantitative estimate of drug-likeness (QED) is 0.337. The molecule has 0 radical (unpaired) electrons. The predicted octanol–water partition coefficient (Wildman–Crippen LogP) is 7.44. The van der Waals surface area contributed by atoms with Crippen molar-refractivity contribution in [1.82, 2.24) is 0 Å². The Hall–Kier alpha value is -0.220. The van der Waals surface area contributed by atoms with Crippen LogP contribution < -0.4 is 0 Å². The summed E-state index contributed by atoms with van der Waals surface area (Å²) >= 11 is 0. The van der Waals surface area contributed by atoms with E-state index in [1.165, 1.54) is 57.8 Å². The van der Waals surface area contributed by atoms with Crippen molar-refractivity contribution in [2.75, 3.05) is 13.2 Å². The highest BCUT2D eigenvalue weighted by Crippen LogP contribution is 2.42. The molecule has 3 aliphatic rings. The van der Waals surface area contributed by atoms with E-state index < -0.39 is 24.6 Å². The topological polar surface area (TPSA) is 18.5 Å². The Labute approximate surface area is 183 Å². The fraction of sp³-hybridized carbons (Fsp3) is 1.00. The standard InChI is InChI=1S/C26H46F2O2/c1-3-5-6-17-29-23-15-16-24(26(28)25(23)27)30-18-20-9-13-22(14-10-20)21-11-7-19(4-2)8-12-21/h19-26H,3-18H2,1-2H3. The summed E-state index contributed by atoms with van der Waals surface area (Å²) in [5, 5.41) is 0. The molecule has 0 amide bonds. The van der Waals surface area contributed by atoms with Crippen LogP contribution in [-0.2, 0) is 9.47 Å². The molecule has 0 bridgehead atoms. The van der Waals surface area contributed by atoms with Crippen molar-refractivity contribution < 1.29 is 18.3 Å². The molecule has 30 heavy (non-hydrogen) atoms. The van der Waals surface area contributed by atoms with Crippen LogP contribution in [-0.4, -0.2) is 37.8 Å². The number of rotatable bonds is 10. The Morgan fingerprint density at radius 3 is 1.70 bits per heavy atom. The van der Waals surface area contributed by atoms with E-state index in [1.54, 1.807) is 0 Å². The third-order valence-corrected chi connectivity index (χ3v) is 8.40. The Kier molecular flexibility index (Phi) is 10.4. The highest BCUT2D eigenvalue weighted by molar-refractivity contribution is 4.90. The molecule has 3 rings (SSSR count). The molecule has 4 unspecified atom stereocenters. The molecule has 0 spiro atoms. The molecular formula is C26H46F2O2. The van der Waals surface area contributed by atoms with E-state index in [9.17, 15) is 8.78 Å². The molecule has 0 aromatic carbocycles. The highest BCUT2D eigenvalue weighted by atomic mass is 19.2. The minimum absolute atomic E-state index is 0.529. The van der Waals surface area contributed by atoms with Crippen molar-refractivity contribution in [1.29, 1.82) is 0 Å². The Morgan fingerprint density at radius 2 is 1.17 bits per heavy atom. The number of ether oxygens (including phenoxy) is 2. The molecular weight excluding hydrogens is 382 g/mol. The molecule has 0 aliphatic heterocycles. The Bertz CT molecular complexity index is 458. The summed E-state index contributed by atoms with van der Waals surface area (Å²) in [6, 6.07) is 0. The fourth-order valence-corrected chi connectivity index (χ4v) is 6.15. The largest absolute Gasteiger partial charge is 0.375 e. The van der Waals surface area contributed by atoms with E-state index in [2.05, 4.69) is 13.8 Å². The number of halogens is 2. The second-order valence-corrected chi connectivity index (χ2v) is 10.4. The molecule has 3 saturated carbocycles. The zero-order valence-electron chi connectivity index (χ0n) is 19.5. The van der Waals surface area contributed by atoms with Gasteiger partial charge in [-0.1, -0.05) is 46.0 Å². The van der Waals surface area contributed by atoms with Crippen molar-refractivity contribution in [2.24, 2.45) is 23.7 Å². The molecule has 0 heterocycles. The van der Waals surface area contributed by atoms with Crippen molar-refractivity contribution in [3.8, 4) is 0 Å². The van der Waals surface area contributed by atoms with Crippen LogP contribution in [0.4, 0.5) is 8.78 Å². The summed E-state index contributed by atoms with van der Waals surface area (Å²) in [6.45, 7) is 5.61. The predicted molar refractivity (Wildman–Crippen MR) is 119 cm³/mol. The van der Waals surface area contributed by atoms with E-state index in [4.69, 9.17) is 9.47 Å². The average Bonchev–Trinajstić information content (AvgIpc) is 2.79. The maximum absolute atomic E-state index is 14.6. The van der Waals surface area contributed by atoms with Gasteiger partial charge in [0.25, 0.3) is 0 Å². The Morgan fingerprint density at radius 1 is 0.633 bits per heavy atom. The normalized spacial score (nSPS) is 40.4. The first-order chi connectivity index (χ1) is 14.6. The van der Waals surface area contributed by atoms with Crippen LogP contribution in [0.1, 0.15) is 104 Å². The van der Waals surface area contributed by atoms with E-state index in [1.807, 2.05) is 0 Å². The minimum atomic E-state index is -1.54. The maximum atomic E-state index is 14.6. The molecule has 3 aliphatic carbocycles. The SMILES string of the molecule is CCCCCOC1CCC(OCC2CCC(C3CCC(CC)CC3)CC2)C(F)C1F. The van der Waals surface area contributed by atoms with Gasteiger partial charge >= 0.3 is 0 Å². The van der Waals surface area contributed by atoms with Gasteiger partial charge in [0.05, 0.1) is 12.2 Å². The lowest BCUT2D eigenvalue weighted by atomic mass is 9.69. The first-order valence-corrected chi connectivity index (χ1v) is 13.1. The highest BCUT2D eigenvalue weighted by Gasteiger charge is 2.42. The lowest BCUT2D eigenvalue weighted by Gasteiger charge is -2.39. The first kappa shape index (κ1) is 24.4. The van der Waals surface area contributed by atoms with Gasteiger partial charge in [0.15, 0.2) is 12.3 Å². The molecule has 0 aromatic rings. The lowest BCUT2D eigenvalue weighted by Crippen LogP contribution is -2.47. The lowest BCUT2D eigenvalue weighted by molar-refractivity contribution is -0.124. The van der Waals surface area contributed by atoms with Crippen LogP contribution in [0.2, 0.25) is 0 Å². The molecule has 3 fully saturated rings. The van der Waals surface area contributed by atoms with Crippen LogP contribution in [0.5, 0.6) is 0 Å².